The molecule has 1 heterocycles. The van der Waals surface area contributed by atoms with Crippen LogP contribution in [0.2, 0.25) is 5.02 Å². The first-order chi connectivity index (χ1) is 9.83. The molecule has 2 atom stereocenters. The van der Waals surface area contributed by atoms with Crippen molar-refractivity contribution >= 4 is 27.3 Å². The minimum Gasteiger partial charge on any atom is -0.378 e. The highest BCUT2D eigenvalue weighted by Crippen LogP contribution is 2.25. The molecular weight excluding hydrogens is 314 g/mol. The van der Waals surface area contributed by atoms with Crippen LogP contribution in [0.3, 0.4) is 0 Å². The second kappa shape index (κ2) is 6.34. The largest absolute Gasteiger partial charge is 0.378 e. The molecule has 1 unspecified atom stereocenters. The Morgan fingerprint density at radius 1 is 1.38 bits per heavy atom. The zero-order valence-electron chi connectivity index (χ0n) is 11.7. The van der Waals surface area contributed by atoms with Crippen molar-refractivity contribution in [3.05, 3.63) is 34.9 Å². The third kappa shape index (κ3) is 3.56. The zero-order valence-corrected chi connectivity index (χ0v) is 13.3. The fourth-order valence-electron chi connectivity index (χ4n) is 2.29. The van der Waals surface area contributed by atoms with Crippen LogP contribution >= 0.6 is 11.6 Å². The second-order valence-electron chi connectivity index (χ2n) is 5.22. The van der Waals surface area contributed by atoms with Crippen molar-refractivity contribution in [2.75, 3.05) is 18.8 Å². The number of carbonyl (C=O) groups is 1. The summed E-state index contributed by atoms with van der Waals surface area (Å²) in [7, 11) is -3.16. The van der Waals surface area contributed by atoms with E-state index in [9.17, 15) is 18.3 Å². The minimum absolute atomic E-state index is 0.0743. The molecule has 1 N–H and O–H groups in total. The number of carbonyl (C=O) groups excluding carboxylic acids is 1. The predicted molar refractivity (Wildman–Crippen MR) is 80.9 cm³/mol. The molecule has 1 aliphatic rings. The van der Waals surface area contributed by atoms with Gasteiger partial charge >= 0.3 is 0 Å². The molecule has 1 saturated heterocycles. The number of halogens is 1. The standard InChI is InChI=1S/C14H18ClNO4S/c1-10-6-7-16(8-9-21(10,19)20)14(18)13(17)11-4-2-3-5-12(11)15/h2-5,10,13,17H,6-9H2,1H3/t10?,13-/m1/s1. The molecule has 2 rings (SSSR count). The van der Waals surface area contributed by atoms with E-state index < -0.39 is 27.1 Å². The molecule has 1 amide bonds. The van der Waals surface area contributed by atoms with Crippen molar-refractivity contribution in [1.29, 1.82) is 0 Å². The molecule has 7 heteroatoms. The van der Waals surface area contributed by atoms with Gasteiger partial charge in [-0.1, -0.05) is 29.8 Å². The lowest BCUT2D eigenvalue weighted by Gasteiger charge is -2.23. The lowest BCUT2D eigenvalue weighted by Crippen LogP contribution is -2.37. The summed E-state index contributed by atoms with van der Waals surface area (Å²) < 4.78 is 23.7. The molecule has 1 fully saturated rings. The van der Waals surface area contributed by atoms with Crippen LogP contribution in [0.4, 0.5) is 0 Å². The van der Waals surface area contributed by atoms with Gasteiger partial charge in [0.1, 0.15) is 0 Å². The van der Waals surface area contributed by atoms with Crippen LogP contribution in [0.5, 0.6) is 0 Å². The van der Waals surface area contributed by atoms with Crippen molar-refractivity contribution in [2.24, 2.45) is 0 Å². The van der Waals surface area contributed by atoms with Gasteiger partial charge in [0.15, 0.2) is 15.9 Å². The van der Waals surface area contributed by atoms with Gasteiger partial charge in [-0.2, -0.15) is 0 Å². The van der Waals surface area contributed by atoms with E-state index in [4.69, 9.17) is 11.6 Å². The van der Waals surface area contributed by atoms with Crippen LogP contribution < -0.4 is 0 Å². The Morgan fingerprint density at radius 3 is 2.71 bits per heavy atom. The van der Waals surface area contributed by atoms with Crippen LogP contribution in [-0.4, -0.2) is 48.4 Å². The molecule has 116 valence electrons. The number of nitrogens with zero attached hydrogens (tertiary/aromatic N) is 1. The average molecular weight is 332 g/mol. The monoisotopic (exact) mass is 331 g/mol. The van der Waals surface area contributed by atoms with Crippen LogP contribution in [0.25, 0.3) is 0 Å². The SMILES string of the molecule is CC1CCN(C(=O)[C@H](O)c2ccccc2Cl)CCS1(=O)=O. The molecule has 0 bridgehead atoms. The Hall–Kier alpha value is -1.11. The van der Waals surface area contributed by atoms with E-state index >= 15 is 0 Å². The Bertz CT molecular complexity index is 632. The molecule has 21 heavy (non-hydrogen) atoms. The van der Waals surface area contributed by atoms with Crippen LogP contribution in [0.15, 0.2) is 24.3 Å². The van der Waals surface area contributed by atoms with E-state index in [0.717, 1.165) is 0 Å². The molecule has 0 spiro atoms. The topological polar surface area (TPSA) is 74.7 Å². The first-order valence-corrected chi connectivity index (χ1v) is 8.85. The highest BCUT2D eigenvalue weighted by molar-refractivity contribution is 7.92. The van der Waals surface area contributed by atoms with Crippen molar-refractivity contribution in [3.8, 4) is 0 Å². The van der Waals surface area contributed by atoms with E-state index in [0.29, 0.717) is 23.6 Å². The van der Waals surface area contributed by atoms with E-state index in [1.54, 1.807) is 31.2 Å². The van der Waals surface area contributed by atoms with Gasteiger partial charge in [0.25, 0.3) is 5.91 Å². The first kappa shape index (κ1) is 16.3. The van der Waals surface area contributed by atoms with Crippen molar-refractivity contribution in [3.63, 3.8) is 0 Å². The van der Waals surface area contributed by atoms with E-state index in [2.05, 4.69) is 0 Å². The van der Waals surface area contributed by atoms with Crippen LogP contribution in [0.1, 0.15) is 25.0 Å². The maximum atomic E-state index is 12.3. The molecule has 0 aliphatic carbocycles. The summed E-state index contributed by atoms with van der Waals surface area (Å²) in [5.74, 6) is -0.581. The number of hydrogen-bond donors (Lipinski definition) is 1. The molecule has 0 saturated carbocycles. The summed E-state index contributed by atoms with van der Waals surface area (Å²) >= 11 is 5.98. The summed E-state index contributed by atoms with van der Waals surface area (Å²) in [6.45, 7) is 2.07. The highest BCUT2D eigenvalue weighted by atomic mass is 35.5. The van der Waals surface area contributed by atoms with Crippen molar-refractivity contribution < 1.29 is 18.3 Å². The summed E-state index contributed by atoms with van der Waals surface area (Å²) in [5.41, 5.74) is 0.337. The average Bonchev–Trinajstić information content (AvgIpc) is 2.58. The summed E-state index contributed by atoms with van der Waals surface area (Å²) in [5, 5.41) is 10.0. The number of sulfone groups is 1. The van der Waals surface area contributed by atoms with E-state index in [1.807, 2.05) is 0 Å². The normalized spacial score (nSPS) is 23.4. The molecule has 1 aromatic rings. The lowest BCUT2D eigenvalue weighted by atomic mass is 10.1. The van der Waals surface area contributed by atoms with Gasteiger partial charge < -0.3 is 10.0 Å². The van der Waals surface area contributed by atoms with Crippen LogP contribution in [0, 0.1) is 0 Å². The Labute approximate surface area is 129 Å². The van der Waals surface area contributed by atoms with E-state index in [-0.39, 0.29) is 12.3 Å². The molecule has 1 aromatic carbocycles. The quantitative estimate of drug-likeness (QED) is 0.889. The lowest BCUT2D eigenvalue weighted by molar-refractivity contribution is -0.140. The zero-order chi connectivity index (χ0) is 15.6. The number of aliphatic hydroxyl groups excluding tert-OH is 1. The number of amides is 1. The second-order valence-corrected chi connectivity index (χ2v) is 8.16. The fourth-order valence-corrected chi connectivity index (χ4v) is 3.87. The maximum absolute atomic E-state index is 12.3. The minimum atomic E-state index is -3.16. The maximum Gasteiger partial charge on any atom is 0.256 e. The number of hydrogen-bond acceptors (Lipinski definition) is 4. The Kier molecular flexibility index (Phi) is 4.91. The first-order valence-electron chi connectivity index (χ1n) is 6.76. The van der Waals surface area contributed by atoms with Gasteiger partial charge in [-0.25, -0.2) is 8.42 Å². The highest BCUT2D eigenvalue weighted by Gasteiger charge is 2.31. The molecule has 1 aliphatic heterocycles. The summed E-state index contributed by atoms with van der Waals surface area (Å²) in [6, 6.07) is 6.58. The van der Waals surface area contributed by atoms with Gasteiger partial charge in [0.05, 0.1) is 11.0 Å². The Morgan fingerprint density at radius 2 is 2.05 bits per heavy atom. The van der Waals surface area contributed by atoms with Gasteiger partial charge in [-0.3, -0.25) is 4.79 Å². The molecule has 0 aromatic heterocycles. The van der Waals surface area contributed by atoms with Gasteiger partial charge in [-0.15, -0.1) is 0 Å². The number of aliphatic hydroxyl groups is 1. The smallest absolute Gasteiger partial charge is 0.256 e. The third-order valence-electron chi connectivity index (χ3n) is 3.81. The Balaban J connectivity index is 2.15. The van der Waals surface area contributed by atoms with Gasteiger partial charge in [-0.05, 0) is 19.4 Å². The van der Waals surface area contributed by atoms with Crippen LogP contribution in [-0.2, 0) is 14.6 Å². The van der Waals surface area contributed by atoms with Gasteiger partial charge in [0, 0.05) is 23.7 Å². The number of rotatable bonds is 2. The van der Waals surface area contributed by atoms with Crippen molar-refractivity contribution in [2.45, 2.75) is 24.7 Å². The summed E-state index contributed by atoms with van der Waals surface area (Å²) in [6.07, 6.45) is -0.988. The fraction of sp³-hybridized carbons (Fsp3) is 0.500. The van der Waals surface area contributed by atoms with Gasteiger partial charge in [0.2, 0.25) is 0 Å². The van der Waals surface area contributed by atoms with Crippen molar-refractivity contribution in [1.82, 2.24) is 4.90 Å². The van der Waals surface area contributed by atoms with E-state index in [1.165, 1.54) is 4.90 Å². The molecule has 5 nitrogen and oxygen atoms in total. The summed E-state index contributed by atoms with van der Waals surface area (Å²) in [4.78, 5) is 13.7. The third-order valence-corrected chi connectivity index (χ3v) is 6.37. The number of benzene rings is 1. The predicted octanol–water partition coefficient (Wildman–Crippen LogP) is 1.41. The molecule has 0 radical (unpaired) electrons. The molecular formula is C14H18ClNO4S.